The number of allylic oxidation sites excluding steroid dienone is 1. The second-order valence-electron chi connectivity index (χ2n) is 6.13. The van der Waals surface area contributed by atoms with Gasteiger partial charge in [-0.2, -0.15) is 5.26 Å². The van der Waals surface area contributed by atoms with Crippen molar-refractivity contribution in [1.82, 2.24) is 0 Å². The van der Waals surface area contributed by atoms with Crippen LogP contribution in [-0.2, 0) is 0 Å². The van der Waals surface area contributed by atoms with Gasteiger partial charge in [0.15, 0.2) is 0 Å². The molecule has 0 heterocycles. The van der Waals surface area contributed by atoms with E-state index in [1.54, 1.807) is 7.11 Å². The zero-order valence-corrected chi connectivity index (χ0v) is 14.4. The Kier molecular flexibility index (Phi) is 4.13. The normalized spacial score (nSPS) is 11.5. The van der Waals surface area contributed by atoms with Crippen LogP contribution in [0.2, 0.25) is 0 Å². The third-order valence-electron chi connectivity index (χ3n) is 4.60. The van der Waals surface area contributed by atoms with Crippen molar-refractivity contribution in [2.75, 3.05) is 7.11 Å². The van der Waals surface area contributed by atoms with Crippen LogP contribution in [0.25, 0.3) is 33.2 Å². The van der Waals surface area contributed by atoms with E-state index >= 15 is 0 Å². The number of hydrogen-bond donors (Lipinski definition) is 0. The average Bonchev–Trinajstić information content (AvgIpc) is 2.71. The Bertz CT molecular complexity index is 1130. The van der Waals surface area contributed by atoms with E-state index in [2.05, 4.69) is 36.4 Å². The van der Waals surface area contributed by atoms with Crippen LogP contribution in [0, 0.1) is 11.3 Å². The highest BCUT2D eigenvalue weighted by molar-refractivity contribution is 6.10. The van der Waals surface area contributed by atoms with Crippen molar-refractivity contribution >= 4 is 33.2 Å². The fraction of sp³-hybridized carbons (Fsp3) is 0.0417. The lowest BCUT2D eigenvalue weighted by Crippen LogP contribution is -1.88. The Balaban J connectivity index is 2.02. The fourth-order valence-electron chi connectivity index (χ4n) is 3.32. The van der Waals surface area contributed by atoms with E-state index in [9.17, 15) is 5.26 Å². The molecule has 2 heteroatoms. The van der Waals surface area contributed by atoms with Crippen LogP contribution in [0.15, 0.2) is 78.9 Å². The third-order valence-corrected chi connectivity index (χ3v) is 4.60. The Morgan fingerprint density at radius 1 is 0.846 bits per heavy atom. The predicted octanol–water partition coefficient (Wildman–Crippen LogP) is 6.07. The zero-order chi connectivity index (χ0) is 17.9. The quantitative estimate of drug-likeness (QED) is 0.259. The molecule has 4 rings (SSSR count). The van der Waals surface area contributed by atoms with Gasteiger partial charge in [0.2, 0.25) is 0 Å². The summed E-state index contributed by atoms with van der Waals surface area (Å²) in [7, 11) is 1.63. The first-order valence-corrected chi connectivity index (χ1v) is 8.47. The molecule has 0 amide bonds. The SMILES string of the molecule is COc1cccc(/C(C#N)=C\c2c3ccccc3cc3ccccc23)c1. The van der Waals surface area contributed by atoms with E-state index in [1.807, 2.05) is 54.6 Å². The highest BCUT2D eigenvalue weighted by atomic mass is 16.5. The molecule has 0 atom stereocenters. The number of rotatable bonds is 3. The summed E-state index contributed by atoms with van der Waals surface area (Å²) in [6.45, 7) is 0. The zero-order valence-electron chi connectivity index (χ0n) is 14.4. The van der Waals surface area contributed by atoms with E-state index in [1.165, 1.54) is 10.8 Å². The van der Waals surface area contributed by atoms with Gasteiger partial charge in [0.1, 0.15) is 5.75 Å². The first-order chi connectivity index (χ1) is 12.8. The number of nitriles is 1. The molecule has 4 aromatic rings. The molecule has 0 bridgehead atoms. The molecule has 0 aliphatic carbocycles. The summed E-state index contributed by atoms with van der Waals surface area (Å²) in [6.07, 6.45) is 1.99. The molecule has 0 saturated heterocycles. The summed E-state index contributed by atoms with van der Waals surface area (Å²) in [5, 5.41) is 14.4. The number of ether oxygens (including phenoxy) is 1. The molecule has 0 aliphatic rings. The summed E-state index contributed by atoms with van der Waals surface area (Å²) in [4.78, 5) is 0. The lowest BCUT2D eigenvalue weighted by Gasteiger charge is -2.10. The number of nitrogens with zero attached hydrogens (tertiary/aromatic N) is 1. The number of benzene rings is 4. The maximum absolute atomic E-state index is 9.79. The van der Waals surface area contributed by atoms with Crippen molar-refractivity contribution in [1.29, 1.82) is 5.26 Å². The molecule has 0 radical (unpaired) electrons. The van der Waals surface area contributed by atoms with Gasteiger partial charge in [-0.25, -0.2) is 0 Å². The molecule has 0 aliphatic heterocycles. The molecule has 26 heavy (non-hydrogen) atoms. The van der Waals surface area contributed by atoms with Crippen LogP contribution in [-0.4, -0.2) is 7.11 Å². The van der Waals surface area contributed by atoms with Crippen molar-refractivity contribution in [3.05, 3.63) is 90.0 Å². The summed E-state index contributed by atoms with van der Waals surface area (Å²) in [5.74, 6) is 0.742. The molecule has 0 saturated carbocycles. The molecular weight excluding hydrogens is 318 g/mol. The van der Waals surface area contributed by atoms with Gasteiger partial charge in [0, 0.05) is 0 Å². The standard InChI is InChI=1S/C24H17NO/c1-26-21-10-6-9-17(14-21)20(16-25)15-24-22-11-4-2-7-18(22)13-19-8-3-5-12-23(19)24/h2-15H,1H3/b20-15-. The second-order valence-corrected chi connectivity index (χ2v) is 6.13. The molecule has 0 unspecified atom stereocenters. The molecule has 4 aromatic carbocycles. The third kappa shape index (κ3) is 2.81. The van der Waals surface area contributed by atoms with E-state index in [4.69, 9.17) is 4.74 Å². The summed E-state index contributed by atoms with van der Waals surface area (Å²) < 4.78 is 5.30. The monoisotopic (exact) mass is 335 g/mol. The van der Waals surface area contributed by atoms with Gasteiger partial charge in [0.05, 0.1) is 18.8 Å². The molecule has 124 valence electrons. The fourth-order valence-corrected chi connectivity index (χ4v) is 3.32. The Morgan fingerprint density at radius 3 is 2.12 bits per heavy atom. The van der Waals surface area contributed by atoms with Gasteiger partial charge in [-0.15, -0.1) is 0 Å². The van der Waals surface area contributed by atoms with E-state index in [-0.39, 0.29) is 0 Å². The lowest BCUT2D eigenvalue weighted by molar-refractivity contribution is 0.414. The Morgan fingerprint density at radius 2 is 1.50 bits per heavy atom. The van der Waals surface area contributed by atoms with Crippen molar-refractivity contribution in [2.24, 2.45) is 0 Å². The minimum Gasteiger partial charge on any atom is -0.497 e. The Hall–Kier alpha value is -3.57. The largest absolute Gasteiger partial charge is 0.497 e. The molecule has 0 fully saturated rings. The molecule has 2 nitrogen and oxygen atoms in total. The highest BCUT2D eigenvalue weighted by Gasteiger charge is 2.09. The van der Waals surface area contributed by atoms with E-state index in [0.717, 1.165) is 27.6 Å². The van der Waals surface area contributed by atoms with Gasteiger partial charge in [-0.3, -0.25) is 0 Å². The molecular formula is C24H17NO. The average molecular weight is 335 g/mol. The minimum absolute atomic E-state index is 0.616. The van der Waals surface area contributed by atoms with Crippen molar-refractivity contribution in [3.8, 4) is 11.8 Å². The first kappa shape index (κ1) is 15.9. The van der Waals surface area contributed by atoms with E-state index < -0.39 is 0 Å². The van der Waals surface area contributed by atoms with Gasteiger partial charge in [-0.05, 0) is 56.9 Å². The van der Waals surface area contributed by atoms with Crippen LogP contribution in [0.1, 0.15) is 11.1 Å². The van der Waals surface area contributed by atoms with Crippen LogP contribution >= 0.6 is 0 Å². The van der Waals surface area contributed by atoms with E-state index in [0.29, 0.717) is 5.57 Å². The Labute approximate surface area is 152 Å². The molecule has 0 spiro atoms. The smallest absolute Gasteiger partial charge is 0.119 e. The van der Waals surface area contributed by atoms with Gasteiger partial charge >= 0.3 is 0 Å². The summed E-state index contributed by atoms with van der Waals surface area (Å²) in [5.41, 5.74) is 2.53. The van der Waals surface area contributed by atoms with Gasteiger partial charge < -0.3 is 4.74 Å². The molecule has 0 aromatic heterocycles. The number of methoxy groups -OCH3 is 1. The maximum Gasteiger partial charge on any atom is 0.119 e. The highest BCUT2D eigenvalue weighted by Crippen LogP contribution is 2.32. The van der Waals surface area contributed by atoms with Gasteiger partial charge in [-0.1, -0.05) is 60.7 Å². The second kappa shape index (κ2) is 6.74. The summed E-state index contributed by atoms with van der Waals surface area (Å²) >= 11 is 0. The van der Waals surface area contributed by atoms with Gasteiger partial charge in [0.25, 0.3) is 0 Å². The minimum atomic E-state index is 0.616. The summed E-state index contributed by atoms with van der Waals surface area (Å²) in [6, 6.07) is 28.7. The topological polar surface area (TPSA) is 33.0 Å². The lowest BCUT2D eigenvalue weighted by atomic mass is 9.94. The van der Waals surface area contributed by atoms with Crippen LogP contribution in [0.4, 0.5) is 0 Å². The van der Waals surface area contributed by atoms with Crippen molar-refractivity contribution < 1.29 is 4.74 Å². The number of fused-ring (bicyclic) bond motifs is 2. The maximum atomic E-state index is 9.79. The van der Waals surface area contributed by atoms with Crippen LogP contribution in [0.3, 0.4) is 0 Å². The van der Waals surface area contributed by atoms with Crippen LogP contribution in [0.5, 0.6) is 5.75 Å². The van der Waals surface area contributed by atoms with Crippen molar-refractivity contribution in [3.63, 3.8) is 0 Å². The number of hydrogen-bond acceptors (Lipinski definition) is 2. The van der Waals surface area contributed by atoms with Crippen LogP contribution < -0.4 is 4.74 Å². The first-order valence-electron chi connectivity index (χ1n) is 8.47. The molecule has 0 N–H and O–H groups in total. The predicted molar refractivity (Wildman–Crippen MR) is 108 cm³/mol. The van der Waals surface area contributed by atoms with Crippen molar-refractivity contribution in [2.45, 2.75) is 0 Å².